The summed E-state index contributed by atoms with van der Waals surface area (Å²) in [7, 11) is 0. The number of para-hydroxylation sites is 1. The van der Waals surface area contributed by atoms with E-state index in [0.717, 1.165) is 11.3 Å². The first-order chi connectivity index (χ1) is 12.0. The van der Waals surface area contributed by atoms with E-state index in [9.17, 15) is 4.79 Å². The molecule has 0 bridgehead atoms. The average molecular weight is 353 g/mol. The Morgan fingerprint density at radius 1 is 1.00 bits per heavy atom. The second-order valence-corrected chi connectivity index (χ2v) is 6.05. The highest BCUT2D eigenvalue weighted by Gasteiger charge is 2.12. The van der Waals surface area contributed by atoms with Crippen LogP contribution in [0.25, 0.3) is 0 Å². The molecule has 0 fully saturated rings. The van der Waals surface area contributed by atoms with Crippen molar-refractivity contribution < 1.29 is 4.79 Å². The number of amides is 1. The molecule has 0 aliphatic heterocycles. The summed E-state index contributed by atoms with van der Waals surface area (Å²) in [6.45, 7) is 3.83. The maximum absolute atomic E-state index is 12.5. The zero-order valence-corrected chi connectivity index (χ0v) is 14.6. The number of anilines is 3. The number of carbonyl (C=O) groups is 1. The number of nitrogens with zero attached hydrogens (tertiary/aromatic N) is 2. The zero-order chi connectivity index (χ0) is 17.8. The molecule has 0 unspecified atom stereocenters. The van der Waals surface area contributed by atoms with E-state index in [-0.39, 0.29) is 11.6 Å². The second kappa shape index (κ2) is 7.32. The molecular weight excluding hydrogens is 336 g/mol. The lowest BCUT2D eigenvalue weighted by Crippen LogP contribution is -2.15. The molecule has 0 aliphatic rings. The van der Waals surface area contributed by atoms with Crippen molar-refractivity contribution in [3.8, 4) is 0 Å². The summed E-state index contributed by atoms with van der Waals surface area (Å²) in [5.74, 6) is 0.0266. The van der Waals surface area contributed by atoms with Crippen LogP contribution in [0.4, 0.5) is 17.3 Å². The zero-order valence-electron chi connectivity index (χ0n) is 13.9. The van der Waals surface area contributed by atoms with Crippen LogP contribution < -0.4 is 10.6 Å². The molecule has 3 rings (SSSR count). The number of aryl methyl sites for hydroxylation is 2. The molecule has 2 N–H and O–H groups in total. The van der Waals surface area contributed by atoms with Crippen LogP contribution in [0.1, 0.15) is 21.7 Å². The average Bonchev–Trinajstić information content (AvgIpc) is 2.58. The molecule has 0 saturated heterocycles. The molecule has 3 aromatic rings. The Hall–Kier alpha value is -2.92. The molecule has 1 aromatic heterocycles. The van der Waals surface area contributed by atoms with Crippen LogP contribution in [0.3, 0.4) is 0 Å². The lowest BCUT2D eigenvalue weighted by Gasteiger charge is -2.10. The van der Waals surface area contributed by atoms with Crippen LogP contribution >= 0.6 is 11.6 Å². The van der Waals surface area contributed by atoms with E-state index in [4.69, 9.17) is 11.6 Å². The van der Waals surface area contributed by atoms with Gasteiger partial charge in [-0.05, 0) is 44.2 Å². The molecule has 126 valence electrons. The molecule has 5 nitrogen and oxygen atoms in total. The molecular formula is C19H17ClN4O. The summed E-state index contributed by atoms with van der Waals surface area (Å²) in [5.41, 5.74) is 3.51. The van der Waals surface area contributed by atoms with Crippen molar-refractivity contribution in [1.82, 2.24) is 9.97 Å². The van der Waals surface area contributed by atoms with E-state index in [1.54, 1.807) is 30.3 Å². The fraction of sp³-hybridized carbons (Fsp3) is 0.105. The molecule has 6 heteroatoms. The summed E-state index contributed by atoms with van der Waals surface area (Å²) in [4.78, 5) is 21.1. The Kier molecular flexibility index (Phi) is 4.95. The van der Waals surface area contributed by atoms with Crippen molar-refractivity contribution in [3.05, 3.63) is 76.6 Å². The van der Waals surface area contributed by atoms with Gasteiger partial charge in [0.15, 0.2) is 0 Å². The molecule has 0 aliphatic carbocycles. The van der Waals surface area contributed by atoms with Crippen molar-refractivity contribution in [1.29, 1.82) is 0 Å². The molecule has 1 amide bonds. The number of nitrogens with one attached hydrogen (secondary N) is 2. The number of aromatic nitrogens is 2. The van der Waals surface area contributed by atoms with Crippen molar-refractivity contribution in [2.24, 2.45) is 0 Å². The summed E-state index contributed by atoms with van der Waals surface area (Å²) in [6, 6.07) is 16.5. The van der Waals surface area contributed by atoms with E-state index >= 15 is 0 Å². The van der Waals surface area contributed by atoms with Gasteiger partial charge in [-0.25, -0.2) is 9.97 Å². The number of hydrogen-bond acceptors (Lipinski definition) is 4. The van der Waals surface area contributed by atoms with Gasteiger partial charge in [0.1, 0.15) is 5.69 Å². The van der Waals surface area contributed by atoms with Gasteiger partial charge in [-0.15, -0.1) is 0 Å². The standard InChI is InChI=1S/C19H17ClN4O/c1-12-7-9-14(10-8-12)22-19-21-13(2)11-17(24-19)18(25)23-16-6-4-3-5-15(16)20/h3-11H,1-2H3,(H,23,25)(H,21,22,24). The van der Waals surface area contributed by atoms with Crippen LogP contribution in [0.5, 0.6) is 0 Å². The molecule has 2 aromatic carbocycles. The van der Waals surface area contributed by atoms with Crippen LogP contribution in [0.2, 0.25) is 5.02 Å². The number of rotatable bonds is 4. The van der Waals surface area contributed by atoms with E-state index in [1.165, 1.54) is 0 Å². The minimum atomic E-state index is -0.342. The Morgan fingerprint density at radius 2 is 1.72 bits per heavy atom. The SMILES string of the molecule is Cc1ccc(Nc2nc(C)cc(C(=O)Nc3ccccc3Cl)n2)cc1. The normalized spacial score (nSPS) is 10.4. The van der Waals surface area contributed by atoms with Gasteiger partial charge in [-0.2, -0.15) is 0 Å². The number of carbonyl (C=O) groups excluding carboxylic acids is 1. The summed E-state index contributed by atoms with van der Waals surface area (Å²) < 4.78 is 0. The van der Waals surface area contributed by atoms with Gasteiger partial charge < -0.3 is 10.6 Å². The molecule has 1 heterocycles. The van der Waals surface area contributed by atoms with E-state index in [2.05, 4.69) is 20.6 Å². The first-order valence-corrected chi connectivity index (χ1v) is 8.14. The van der Waals surface area contributed by atoms with Gasteiger partial charge in [0.05, 0.1) is 10.7 Å². The lowest BCUT2D eigenvalue weighted by molar-refractivity contribution is 0.102. The van der Waals surface area contributed by atoms with Crippen LogP contribution in [-0.4, -0.2) is 15.9 Å². The topological polar surface area (TPSA) is 66.9 Å². The van der Waals surface area contributed by atoms with Crippen molar-refractivity contribution in [2.75, 3.05) is 10.6 Å². The summed E-state index contributed by atoms with van der Waals surface area (Å²) in [5, 5.41) is 6.35. The highest BCUT2D eigenvalue weighted by atomic mass is 35.5. The Balaban J connectivity index is 1.82. The Labute approximate surface area is 151 Å². The number of benzene rings is 2. The van der Waals surface area contributed by atoms with Crippen LogP contribution in [0.15, 0.2) is 54.6 Å². The van der Waals surface area contributed by atoms with Crippen molar-refractivity contribution in [3.63, 3.8) is 0 Å². The Bertz CT molecular complexity index is 910. The lowest BCUT2D eigenvalue weighted by atomic mass is 10.2. The Morgan fingerprint density at radius 3 is 2.44 bits per heavy atom. The number of halogens is 1. The maximum atomic E-state index is 12.5. The maximum Gasteiger partial charge on any atom is 0.274 e. The predicted molar refractivity (Wildman–Crippen MR) is 101 cm³/mol. The van der Waals surface area contributed by atoms with Crippen molar-refractivity contribution in [2.45, 2.75) is 13.8 Å². The van der Waals surface area contributed by atoms with Gasteiger partial charge in [-0.1, -0.05) is 41.4 Å². The van der Waals surface area contributed by atoms with E-state index < -0.39 is 0 Å². The summed E-state index contributed by atoms with van der Waals surface area (Å²) >= 11 is 6.08. The quantitative estimate of drug-likeness (QED) is 0.711. The van der Waals surface area contributed by atoms with Crippen LogP contribution in [-0.2, 0) is 0 Å². The van der Waals surface area contributed by atoms with Gasteiger partial charge in [-0.3, -0.25) is 4.79 Å². The molecule has 25 heavy (non-hydrogen) atoms. The fourth-order valence-electron chi connectivity index (χ4n) is 2.26. The summed E-state index contributed by atoms with van der Waals surface area (Å²) in [6.07, 6.45) is 0. The van der Waals surface area contributed by atoms with Crippen molar-refractivity contribution >= 4 is 34.8 Å². The number of hydrogen-bond donors (Lipinski definition) is 2. The smallest absolute Gasteiger partial charge is 0.274 e. The van der Waals surface area contributed by atoms with Crippen LogP contribution in [0, 0.1) is 13.8 Å². The highest BCUT2D eigenvalue weighted by Crippen LogP contribution is 2.21. The first kappa shape index (κ1) is 16.9. The molecule has 0 atom stereocenters. The fourth-order valence-corrected chi connectivity index (χ4v) is 2.44. The molecule has 0 radical (unpaired) electrons. The van der Waals surface area contributed by atoms with Gasteiger partial charge in [0, 0.05) is 11.4 Å². The first-order valence-electron chi connectivity index (χ1n) is 7.76. The minimum absolute atomic E-state index is 0.266. The van der Waals surface area contributed by atoms with Gasteiger partial charge in [0.25, 0.3) is 5.91 Å². The predicted octanol–water partition coefficient (Wildman–Crippen LogP) is 4.74. The minimum Gasteiger partial charge on any atom is -0.324 e. The third kappa shape index (κ3) is 4.33. The molecule has 0 spiro atoms. The third-order valence-corrected chi connectivity index (χ3v) is 3.85. The highest BCUT2D eigenvalue weighted by molar-refractivity contribution is 6.33. The van der Waals surface area contributed by atoms with E-state index in [1.807, 2.05) is 38.1 Å². The molecule has 0 saturated carbocycles. The van der Waals surface area contributed by atoms with E-state index in [0.29, 0.717) is 22.4 Å². The van der Waals surface area contributed by atoms with Gasteiger partial charge >= 0.3 is 0 Å². The second-order valence-electron chi connectivity index (χ2n) is 5.64. The largest absolute Gasteiger partial charge is 0.324 e. The third-order valence-electron chi connectivity index (χ3n) is 3.52. The van der Waals surface area contributed by atoms with Gasteiger partial charge in [0.2, 0.25) is 5.95 Å². The monoisotopic (exact) mass is 352 g/mol.